The summed E-state index contributed by atoms with van der Waals surface area (Å²) in [6.45, 7) is -0.325. The Balaban J connectivity index is 2.08. The van der Waals surface area contributed by atoms with E-state index in [2.05, 4.69) is 10.1 Å². The molecule has 1 N–H and O–H groups in total. The second-order valence-corrected chi connectivity index (χ2v) is 4.88. The van der Waals surface area contributed by atoms with Gasteiger partial charge in [-0.3, -0.25) is 4.79 Å². The molecule has 25 heavy (non-hydrogen) atoms. The van der Waals surface area contributed by atoms with E-state index in [0.29, 0.717) is 17.0 Å². The van der Waals surface area contributed by atoms with Gasteiger partial charge in [0.2, 0.25) is 0 Å². The van der Waals surface area contributed by atoms with Gasteiger partial charge < -0.3 is 19.5 Å². The summed E-state index contributed by atoms with van der Waals surface area (Å²) < 4.78 is 15.2. The number of rotatable bonds is 6. The molecule has 0 aliphatic carbocycles. The number of anilines is 1. The lowest BCUT2D eigenvalue weighted by molar-refractivity contribution is -0.118. The first-order valence-corrected chi connectivity index (χ1v) is 7.26. The molecular formula is C18H16N2O5. The third-order valence-electron chi connectivity index (χ3n) is 3.23. The largest absolute Gasteiger partial charge is 0.497 e. The van der Waals surface area contributed by atoms with Crippen molar-refractivity contribution in [2.75, 3.05) is 26.1 Å². The van der Waals surface area contributed by atoms with Gasteiger partial charge in [-0.15, -0.1) is 0 Å². The third-order valence-corrected chi connectivity index (χ3v) is 3.23. The topological polar surface area (TPSA) is 97.7 Å². The molecule has 0 unspecified atom stereocenters. The van der Waals surface area contributed by atoms with E-state index in [1.54, 1.807) is 30.3 Å². The maximum absolute atomic E-state index is 12.0. The fourth-order valence-electron chi connectivity index (χ4n) is 2.03. The standard InChI is InChI=1S/C18H16N2O5/c1-23-14-6-7-15(18(22)24-2)16(9-14)25-11-17(21)20-13-5-3-4-12(8-13)10-19/h3-9H,11H2,1-2H3,(H,20,21). The fourth-order valence-corrected chi connectivity index (χ4v) is 2.03. The van der Waals surface area contributed by atoms with E-state index in [1.807, 2.05) is 6.07 Å². The average Bonchev–Trinajstić information content (AvgIpc) is 2.65. The van der Waals surface area contributed by atoms with Crippen LogP contribution >= 0.6 is 0 Å². The van der Waals surface area contributed by atoms with E-state index < -0.39 is 11.9 Å². The first-order chi connectivity index (χ1) is 12.1. The van der Waals surface area contributed by atoms with Crippen LogP contribution in [-0.2, 0) is 9.53 Å². The van der Waals surface area contributed by atoms with Gasteiger partial charge in [0.25, 0.3) is 5.91 Å². The van der Waals surface area contributed by atoms with Crippen molar-refractivity contribution in [1.82, 2.24) is 0 Å². The zero-order valence-corrected chi connectivity index (χ0v) is 13.7. The highest BCUT2D eigenvalue weighted by atomic mass is 16.5. The molecule has 0 aromatic heterocycles. The Morgan fingerprint density at radius 1 is 1.16 bits per heavy atom. The van der Waals surface area contributed by atoms with Crippen LogP contribution in [0.4, 0.5) is 5.69 Å². The minimum atomic E-state index is -0.584. The summed E-state index contributed by atoms with van der Waals surface area (Å²) in [6.07, 6.45) is 0. The fraction of sp³-hybridized carbons (Fsp3) is 0.167. The zero-order chi connectivity index (χ0) is 18.2. The Labute approximate surface area is 144 Å². The van der Waals surface area contributed by atoms with Gasteiger partial charge in [-0.25, -0.2) is 4.79 Å². The van der Waals surface area contributed by atoms with E-state index in [9.17, 15) is 9.59 Å². The van der Waals surface area contributed by atoms with Crippen molar-refractivity contribution in [1.29, 1.82) is 5.26 Å². The summed E-state index contributed by atoms with van der Waals surface area (Å²) in [6, 6.07) is 13.1. The molecule has 0 saturated carbocycles. The molecule has 128 valence electrons. The first kappa shape index (κ1) is 17.8. The lowest BCUT2D eigenvalue weighted by Crippen LogP contribution is -2.21. The Hall–Kier alpha value is -3.53. The van der Waals surface area contributed by atoms with Crippen LogP contribution in [0, 0.1) is 11.3 Å². The number of amides is 1. The molecule has 2 rings (SSSR count). The van der Waals surface area contributed by atoms with Gasteiger partial charge in [-0.2, -0.15) is 5.26 Å². The molecule has 0 bridgehead atoms. The summed E-state index contributed by atoms with van der Waals surface area (Å²) in [4.78, 5) is 23.8. The van der Waals surface area contributed by atoms with Crippen LogP contribution in [0.1, 0.15) is 15.9 Å². The molecule has 0 aliphatic rings. The maximum atomic E-state index is 12.0. The Morgan fingerprint density at radius 2 is 1.96 bits per heavy atom. The van der Waals surface area contributed by atoms with Crippen molar-refractivity contribution >= 4 is 17.6 Å². The van der Waals surface area contributed by atoms with E-state index >= 15 is 0 Å². The van der Waals surface area contributed by atoms with Crippen molar-refractivity contribution in [2.24, 2.45) is 0 Å². The number of carbonyl (C=O) groups excluding carboxylic acids is 2. The van der Waals surface area contributed by atoms with Gasteiger partial charge in [0, 0.05) is 11.8 Å². The minimum absolute atomic E-state index is 0.173. The van der Waals surface area contributed by atoms with Gasteiger partial charge in [-0.05, 0) is 30.3 Å². The number of nitriles is 1. The smallest absolute Gasteiger partial charge is 0.341 e. The highest BCUT2D eigenvalue weighted by molar-refractivity contribution is 5.94. The molecule has 0 atom stereocenters. The third kappa shape index (κ3) is 4.72. The maximum Gasteiger partial charge on any atom is 0.341 e. The molecule has 7 heteroatoms. The lowest BCUT2D eigenvalue weighted by atomic mass is 10.2. The molecule has 1 amide bonds. The molecule has 0 radical (unpaired) electrons. The van der Waals surface area contributed by atoms with Crippen molar-refractivity contribution in [3.8, 4) is 17.6 Å². The molecule has 0 aliphatic heterocycles. The number of benzene rings is 2. The normalized spacial score (nSPS) is 9.64. The number of hydrogen-bond donors (Lipinski definition) is 1. The Morgan fingerprint density at radius 3 is 2.64 bits per heavy atom. The highest BCUT2D eigenvalue weighted by Gasteiger charge is 2.15. The van der Waals surface area contributed by atoms with Crippen LogP contribution in [-0.4, -0.2) is 32.7 Å². The van der Waals surface area contributed by atoms with Crippen LogP contribution in [0.3, 0.4) is 0 Å². The van der Waals surface area contributed by atoms with E-state index in [-0.39, 0.29) is 17.9 Å². The van der Waals surface area contributed by atoms with E-state index in [1.165, 1.54) is 26.4 Å². The second kappa shape index (κ2) is 8.36. The van der Waals surface area contributed by atoms with Crippen molar-refractivity contribution in [3.05, 3.63) is 53.6 Å². The molecule has 0 heterocycles. The van der Waals surface area contributed by atoms with Crippen LogP contribution in [0.5, 0.6) is 11.5 Å². The Kier molecular flexibility index (Phi) is 5.96. The van der Waals surface area contributed by atoms with Gasteiger partial charge in [0.05, 0.1) is 25.9 Å². The quantitative estimate of drug-likeness (QED) is 0.811. The van der Waals surface area contributed by atoms with E-state index in [0.717, 1.165) is 0 Å². The highest BCUT2D eigenvalue weighted by Crippen LogP contribution is 2.25. The second-order valence-electron chi connectivity index (χ2n) is 4.88. The summed E-state index contributed by atoms with van der Waals surface area (Å²) in [5.74, 6) is -0.370. The van der Waals surface area contributed by atoms with Gasteiger partial charge >= 0.3 is 5.97 Å². The van der Waals surface area contributed by atoms with Crippen LogP contribution in [0.15, 0.2) is 42.5 Å². The zero-order valence-electron chi connectivity index (χ0n) is 13.7. The van der Waals surface area contributed by atoms with Crippen LogP contribution < -0.4 is 14.8 Å². The monoisotopic (exact) mass is 340 g/mol. The number of esters is 1. The van der Waals surface area contributed by atoms with Crippen LogP contribution in [0.25, 0.3) is 0 Å². The summed E-state index contributed by atoms with van der Waals surface area (Å²) in [5.41, 5.74) is 1.09. The minimum Gasteiger partial charge on any atom is -0.497 e. The number of ether oxygens (including phenoxy) is 3. The summed E-state index contributed by atoms with van der Waals surface area (Å²) in [5, 5.41) is 11.5. The first-order valence-electron chi connectivity index (χ1n) is 7.26. The van der Waals surface area contributed by atoms with Gasteiger partial charge in [0.15, 0.2) is 6.61 Å². The molecule has 0 fully saturated rings. The number of nitrogens with zero attached hydrogens (tertiary/aromatic N) is 1. The number of methoxy groups -OCH3 is 2. The van der Waals surface area contributed by atoms with Crippen LogP contribution in [0.2, 0.25) is 0 Å². The lowest BCUT2D eigenvalue weighted by Gasteiger charge is -2.12. The molecular weight excluding hydrogens is 324 g/mol. The SMILES string of the molecule is COC(=O)c1ccc(OC)cc1OCC(=O)Nc1cccc(C#N)c1. The predicted octanol–water partition coefficient (Wildman–Crippen LogP) is 2.37. The number of nitrogens with one attached hydrogen (secondary N) is 1. The predicted molar refractivity (Wildman–Crippen MR) is 89.6 cm³/mol. The van der Waals surface area contributed by atoms with Gasteiger partial charge in [-0.1, -0.05) is 6.07 Å². The average molecular weight is 340 g/mol. The summed E-state index contributed by atoms with van der Waals surface area (Å²) in [7, 11) is 2.73. The molecule has 0 saturated heterocycles. The molecule has 0 spiro atoms. The molecule has 2 aromatic rings. The number of hydrogen-bond acceptors (Lipinski definition) is 6. The van der Waals surface area contributed by atoms with Crippen molar-refractivity contribution < 1.29 is 23.8 Å². The Bertz CT molecular complexity index is 826. The van der Waals surface area contributed by atoms with Crippen molar-refractivity contribution in [3.63, 3.8) is 0 Å². The summed E-state index contributed by atoms with van der Waals surface area (Å²) >= 11 is 0. The molecule has 2 aromatic carbocycles. The van der Waals surface area contributed by atoms with Crippen molar-refractivity contribution in [2.45, 2.75) is 0 Å². The van der Waals surface area contributed by atoms with Gasteiger partial charge in [0.1, 0.15) is 17.1 Å². The molecule has 7 nitrogen and oxygen atoms in total. The van der Waals surface area contributed by atoms with E-state index in [4.69, 9.17) is 14.7 Å². The number of carbonyl (C=O) groups is 2.